The van der Waals surface area contributed by atoms with E-state index in [1.807, 2.05) is 12.3 Å². The maximum Gasteiger partial charge on any atom is 0.257 e. The fourth-order valence-electron chi connectivity index (χ4n) is 1.48. The molecule has 4 N–H and O–H groups in total. The molecule has 0 aliphatic carbocycles. The van der Waals surface area contributed by atoms with Crippen molar-refractivity contribution in [3.8, 4) is 0 Å². The Balaban J connectivity index is 2.03. The third-order valence-electron chi connectivity index (χ3n) is 2.30. The number of nitrogens with two attached hydrogens (primary N) is 1. The van der Waals surface area contributed by atoms with Crippen LogP contribution < -0.4 is 11.1 Å². The normalized spacial score (nSPS) is 10.5. The van der Waals surface area contributed by atoms with E-state index in [1.54, 1.807) is 18.3 Å². The average molecular weight is 251 g/mol. The molecular formula is C10H13N5OS. The first-order valence-electron chi connectivity index (χ1n) is 5.07. The number of aromatic nitrogens is 3. The molecule has 0 spiro atoms. The molecule has 0 aliphatic rings. The van der Waals surface area contributed by atoms with Crippen LogP contribution in [0, 0.1) is 13.8 Å². The summed E-state index contributed by atoms with van der Waals surface area (Å²) in [6.07, 6.45) is 0. The fraction of sp³-hybridized carbons (Fsp3) is 0.300. The van der Waals surface area contributed by atoms with Crippen LogP contribution in [-0.2, 0) is 6.54 Å². The second-order valence-corrected chi connectivity index (χ2v) is 4.71. The van der Waals surface area contributed by atoms with Gasteiger partial charge in [-0.05, 0) is 13.8 Å². The Labute approximate surface area is 102 Å². The van der Waals surface area contributed by atoms with Gasteiger partial charge in [-0.3, -0.25) is 9.89 Å². The molecule has 0 fully saturated rings. The van der Waals surface area contributed by atoms with Crippen molar-refractivity contribution in [2.24, 2.45) is 0 Å². The van der Waals surface area contributed by atoms with Gasteiger partial charge in [-0.2, -0.15) is 5.10 Å². The lowest BCUT2D eigenvalue weighted by atomic mass is 10.2. The van der Waals surface area contributed by atoms with Gasteiger partial charge in [0.05, 0.1) is 17.2 Å². The van der Waals surface area contributed by atoms with Crippen molar-refractivity contribution < 1.29 is 4.79 Å². The molecule has 7 heteroatoms. The summed E-state index contributed by atoms with van der Waals surface area (Å²) >= 11 is 1.55. The quantitative estimate of drug-likeness (QED) is 0.758. The molecule has 0 bridgehead atoms. The molecule has 2 rings (SSSR count). The molecule has 2 aromatic rings. The first kappa shape index (κ1) is 11.6. The number of rotatable bonds is 3. The summed E-state index contributed by atoms with van der Waals surface area (Å²) in [6, 6.07) is 0. The third kappa shape index (κ3) is 2.44. The largest absolute Gasteiger partial charge is 0.382 e. The number of anilines is 1. The molecule has 0 aromatic carbocycles. The van der Waals surface area contributed by atoms with E-state index in [-0.39, 0.29) is 11.7 Å². The fourth-order valence-corrected chi connectivity index (χ4v) is 2.10. The minimum absolute atomic E-state index is 0.217. The molecule has 0 saturated carbocycles. The molecular weight excluding hydrogens is 238 g/mol. The van der Waals surface area contributed by atoms with Crippen LogP contribution in [0.2, 0.25) is 0 Å². The third-order valence-corrected chi connectivity index (χ3v) is 3.12. The number of hydrogen-bond donors (Lipinski definition) is 3. The lowest BCUT2D eigenvalue weighted by Crippen LogP contribution is -2.24. The van der Waals surface area contributed by atoms with Crippen LogP contribution in [0.15, 0.2) is 5.38 Å². The van der Waals surface area contributed by atoms with E-state index < -0.39 is 0 Å². The highest BCUT2D eigenvalue weighted by Gasteiger charge is 2.15. The van der Waals surface area contributed by atoms with Crippen LogP contribution in [0.5, 0.6) is 0 Å². The molecule has 1 amide bonds. The van der Waals surface area contributed by atoms with Crippen LogP contribution in [0.1, 0.15) is 26.8 Å². The highest BCUT2D eigenvalue weighted by atomic mass is 32.1. The average Bonchev–Trinajstić information content (AvgIpc) is 2.83. The maximum atomic E-state index is 11.9. The van der Waals surface area contributed by atoms with Crippen LogP contribution in [0.4, 0.5) is 5.82 Å². The van der Waals surface area contributed by atoms with Crippen LogP contribution in [-0.4, -0.2) is 21.1 Å². The zero-order valence-electron chi connectivity index (χ0n) is 9.57. The summed E-state index contributed by atoms with van der Waals surface area (Å²) in [5, 5.41) is 12.1. The predicted octanol–water partition coefficient (Wildman–Crippen LogP) is 0.995. The van der Waals surface area contributed by atoms with Gasteiger partial charge in [-0.1, -0.05) is 0 Å². The molecule has 90 valence electrons. The van der Waals surface area contributed by atoms with E-state index in [4.69, 9.17) is 5.73 Å². The summed E-state index contributed by atoms with van der Waals surface area (Å²) in [6.45, 7) is 4.08. The number of carbonyl (C=O) groups excluding carboxylic acids is 1. The number of hydrogen-bond acceptors (Lipinski definition) is 5. The highest BCUT2D eigenvalue weighted by molar-refractivity contribution is 7.09. The first-order chi connectivity index (χ1) is 8.08. The zero-order valence-corrected chi connectivity index (χ0v) is 10.4. The number of amides is 1. The Morgan fingerprint density at radius 3 is 2.88 bits per heavy atom. The topological polar surface area (TPSA) is 96.7 Å². The maximum absolute atomic E-state index is 11.9. The van der Waals surface area contributed by atoms with Crippen molar-refractivity contribution in [2.45, 2.75) is 20.4 Å². The van der Waals surface area contributed by atoms with Gasteiger partial charge in [-0.25, -0.2) is 4.98 Å². The van der Waals surface area contributed by atoms with Gasteiger partial charge in [0.2, 0.25) is 0 Å². The molecule has 2 heterocycles. The van der Waals surface area contributed by atoms with Crippen molar-refractivity contribution in [2.75, 3.05) is 5.73 Å². The number of aryl methyl sites for hydroxylation is 2. The summed E-state index contributed by atoms with van der Waals surface area (Å²) in [5.74, 6) is -0.0196. The standard InChI is InChI=1S/C10H13N5OS/c1-5-8(9(11)15-14-5)10(16)12-3-7-4-17-6(2)13-7/h4H,3H2,1-2H3,(H,12,16)(H3,11,14,15). The molecule has 0 atom stereocenters. The van der Waals surface area contributed by atoms with Crippen molar-refractivity contribution in [3.63, 3.8) is 0 Å². The first-order valence-corrected chi connectivity index (χ1v) is 5.95. The number of nitrogens with one attached hydrogen (secondary N) is 2. The van der Waals surface area contributed by atoms with Crippen molar-refractivity contribution >= 4 is 23.1 Å². The van der Waals surface area contributed by atoms with Gasteiger partial charge in [0.25, 0.3) is 5.91 Å². The molecule has 0 aliphatic heterocycles. The number of aromatic amines is 1. The van der Waals surface area contributed by atoms with Crippen LogP contribution in [0.3, 0.4) is 0 Å². The number of carbonyl (C=O) groups is 1. The van der Waals surface area contributed by atoms with Crippen LogP contribution in [0.25, 0.3) is 0 Å². The summed E-state index contributed by atoms with van der Waals surface area (Å²) in [7, 11) is 0. The lowest BCUT2D eigenvalue weighted by molar-refractivity contribution is 0.0951. The second kappa shape index (κ2) is 4.54. The summed E-state index contributed by atoms with van der Waals surface area (Å²) in [5.41, 5.74) is 7.51. The van der Waals surface area contributed by atoms with Gasteiger partial charge in [-0.15, -0.1) is 11.3 Å². The van der Waals surface area contributed by atoms with E-state index >= 15 is 0 Å². The lowest BCUT2D eigenvalue weighted by Gasteiger charge is -2.02. The summed E-state index contributed by atoms with van der Waals surface area (Å²) in [4.78, 5) is 16.1. The SMILES string of the molecule is Cc1nc(CNC(=O)c2c(N)n[nH]c2C)cs1. The number of thiazole rings is 1. The van der Waals surface area contributed by atoms with Gasteiger partial charge in [0, 0.05) is 11.1 Å². The smallest absolute Gasteiger partial charge is 0.257 e. The molecule has 6 nitrogen and oxygen atoms in total. The van der Waals surface area contributed by atoms with E-state index in [1.165, 1.54) is 0 Å². The Morgan fingerprint density at radius 2 is 2.35 bits per heavy atom. The van der Waals surface area contributed by atoms with E-state index in [2.05, 4.69) is 20.5 Å². The zero-order chi connectivity index (χ0) is 12.4. The van der Waals surface area contributed by atoms with Crippen molar-refractivity contribution in [3.05, 3.63) is 27.3 Å². The van der Waals surface area contributed by atoms with Gasteiger partial charge in [0.1, 0.15) is 5.56 Å². The Morgan fingerprint density at radius 1 is 1.59 bits per heavy atom. The molecule has 0 saturated heterocycles. The van der Waals surface area contributed by atoms with E-state index in [9.17, 15) is 4.79 Å². The van der Waals surface area contributed by atoms with Crippen molar-refractivity contribution in [1.29, 1.82) is 0 Å². The number of H-pyrrole nitrogens is 1. The Bertz CT molecular complexity index is 525. The molecule has 0 unspecified atom stereocenters. The van der Waals surface area contributed by atoms with Crippen LogP contribution >= 0.6 is 11.3 Å². The number of nitrogen functional groups attached to an aromatic ring is 1. The minimum Gasteiger partial charge on any atom is -0.382 e. The highest BCUT2D eigenvalue weighted by Crippen LogP contribution is 2.12. The van der Waals surface area contributed by atoms with Gasteiger partial charge < -0.3 is 11.1 Å². The molecule has 17 heavy (non-hydrogen) atoms. The van der Waals surface area contributed by atoms with Gasteiger partial charge in [0.15, 0.2) is 5.82 Å². The Hall–Kier alpha value is -1.89. The van der Waals surface area contributed by atoms with E-state index in [0.717, 1.165) is 10.7 Å². The molecule has 2 aromatic heterocycles. The Kier molecular flexibility index (Phi) is 3.10. The second-order valence-electron chi connectivity index (χ2n) is 3.65. The van der Waals surface area contributed by atoms with E-state index in [0.29, 0.717) is 17.8 Å². The number of nitrogens with zero attached hydrogens (tertiary/aromatic N) is 2. The minimum atomic E-state index is -0.237. The summed E-state index contributed by atoms with van der Waals surface area (Å²) < 4.78 is 0. The predicted molar refractivity (Wildman–Crippen MR) is 65.8 cm³/mol. The molecule has 0 radical (unpaired) electrons. The van der Waals surface area contributed by atoms with Crippen molar-refractivity contribution in [1.82, 2.24) is 20.5 Å². The monoisotopic (exact) mass is 251 g/mol. The van der Waals surface area contributed by atoms with Gasteiger partial charge >= 0.3 is 0 Å².